The summed E-state index contributed by atoms with van der Waals surface area (Å²) < 4.78 is 1.85. The van der Waals surface area contributed by atoms with Crippen molar-refractivity contribution in [3.05, 3.63) is 18.0 Å². The Morgan fingerprint density at radius 1 is 1.53 bits per heavy atom. The Bertz CT molecular complexity index is 379. The largest absolute Gasteiger partial charge is 0.465 e. The predicted octanol–water partition coefficient (Wildman–Crippen LogP) is 2.36. The van der Waals surface area contributed by atoms with Crippen molar-refractivity contribution < 1.29 is 9.90 Å². The lowest BCUT2D eigenvalue weighted by molar-refractivity contribution is 0.0984. The molecule has 0 saturated carbocycles. The summed E-state index contributed by atoms with van der Waals surface area (Å²) in [6.45, 7) is 8.96. The summed E-state index contributed by atoms with van der Waals surface area (Å²) in [4.78, 5) is 12.6. The van der Waals surface area contributed by atoms with Crippen molar-refractivity contribution in [1.29, 1.82) is 0 Å². The second-order valence-corrected chi connectivity index (χ2v) is 5.24. The van der Waals surface area contributed by atoms with Gasteiger partial charge in [0.2, 0.25) is 0 Å². The highest BCUT2D eigenvalue weighted by atomic mass is 16.4. The SMILES string of the molecule is Cc1cnn(CCCN(C(=O)O)C(C)(C)C)c1. The second kappa shape index (κ2) is 5.21. The van der Waals surface area contributed by atoms with E-state index in [1.54, 1.807) is 6.20 Å². The third kappa shape index (κ3) is 4.09. The zero-order valence-corrected chi connectivity index (χ0v) is 11.0. The molecular weight excluding hydrogens is 218 g/mol. The molecule has 0 unspecified atom stereocenters. The van der Waals surface area contributed by atoms with Gasteiger partial charge in [-0.15, -0.1) is 0 Å². The molecule has 0 aromatic carbocycles. The summed E-state index contributed by atoms with van der Waals surface area (Å²) >= 11 is 0. The smallest absolute Gasteiger partial charge is 0.407 e. The van der Waals surface area contributed by atoms with E-state index in [0.717, 1.165) is 18.5 Å². The molecule has 0 fully saturated rings. The van der Waals surface area contributed by atoms with Crippen molar-refractivity contribution in [2.45, 2.75) is 46.2 Å². The van der Waals surface area contributed by atoms with Crippen molar-refractivity contribution >= 4 is 6.09 Å². The van der Waals surface area contributed by atoms with Gasteiger partial charge in [-0.25, -0.2) is 4.79 Å². The van der Waals surface area contributed by atoms with Crippen LogP contribution in [0.1, 0.15) is 32.8 Å². The number of carbonyl (C=O) groups is 1. The molecule has 0 radical (unpaired) electrons. The van der Waals surface area contributed by atoms with Crippen molar-refractivity contribution in [2.24, 2.45) is 0 Å². The molecule has 5 nitrogen and oxygen atoms in total. The van der Waals surface area contributed by atoms with Crippen LogP contribution in [0.25, 0.3) is 0 Å². The topological polar surface area (TPSA) is 58.4 Å². The van der Waals surface area contributed by atoms with Crippen LogP contribution < -0.4 is 0 Å². The standard InChI is InChI=1S/C12H21N3O2/c1-10-8-13-14(9-10)6-5-7-15(11(16)17)12(2,3)4/h8-9H,5-7H2,1-4H3,(H,16,17). The average molecular weight is 239 g/mol. The molecule has 1 heterocycles. The van der Waals surface area contributed by atoms with Crippen LogP contribution in [0.15, 0.2) is 12.4 Å². The number of rotatable bonds is 4. The predicted molar refractivity (Wildman–Crippen MR) is 66.1 cm³/mol. The number of nitrogens with zero attached hydrogens (tertiary/aromatic N) is 3. The first-order valence-corrected chi connectivity index (χ1v) is 5.80. The van der Waals surface area contributed by atoms with Gasteiger partial charge in [0.15, 0.2) is 0 Å². The van der Waals surface area contributed by atoms with Crippen LogP contribution >= 0.6 is 0 Å². The van der Waals surface area contributed by atoms with E-state index in [1.807, 2.05) is 38.6 Å². The van der Waals surface area contributed by atoms with Crippen LogP contribution in [0.4, 0.5) is 4.79 Å². The molecule has 1 aromatic rings. The number of aromatic nitrogens is 2. The summed E-state index contributed by atoms with van der Waals surface area (Å²) in [5, 5.41) is 13.3. The minimum Gasteiger partial charge on any atom is -0.465 e. The molecule has 0 saturated heterocycles. The van der Waals surface area contributed by atoms with Crippen LogP contribution in [0, 0.1) is 6.92 Å². The van der Waals surface area contributed by atoms with E-state index < -0.39 is 6.09 Å². The molecule has 5 heteroatoms. The molecule has 1 N–H and O–H groups in total. The van der Waals surface area contributed by atoms with E-state index in [-0.39, 0.29) is 5.54 Å². The minimum atomic E-state index is -0.867. The van der Waals surface area contributed by atoms with Crippen molar-refractivity contribution in [3.63, 3.8) is 0 Å². The number of hydrogen-bond donors (Lipinski definition) is 1. The number of amides is 1. The highest BCUT2D eigenvalue weighted by Crippen LogP contribution is 2.14. The van der Waals surface area contributed by atoms with E-state index in [4.69, 9.17) is 5.11 Å². The molecule has 0 spiro atoms. The Balaban J connectivity index is 2.46. The van der Waals surface area contributed by atoms with Crippen molar-refractivity contribution in [1.82, 2.24) is 14.7 Å². The Hall–Kier alpha value is -1.52. The fourth-order valence-electron chi connectivity index (χ4n) is 1.70. The van der Waals surface area contributed by atoms with Gasteiger partial charge in [-0.3, -0.25) is 4.68 Å². The number of hydrogen-bond acceptors (Lipinski definition) is 2. The van der Waals surface area contributed by atoms with Crippen LogP contribution in [-0.4, -0.2) is 38.0 Å². The van der Waals surface area contributed by atoms with Gasteiger partial charge in [0.1, 0.15) is 0 Å². The van der Waals surface area contributed by atoms with Crippen LogP contribution in [0.2, 0.25) is 0 Å². The zero-order valence-electron chi connectivity index (χ0n) is 11.0. The fourth-order valence-corrected chi connectivity index (χ4v) is 1.70. The summed E-state index contributed by atoms with van der Waals surface area (Å²) in [6, 6.07) is 0. The lowest BCUT2D eigenvalue weighted by Gasteiger charge is -2.33. The molecule has 0 bridgehead atoms. The molecule has 96 valence electrons. The maximum absolute atomic E-state index is 11.1. The van der Waals surface area contributed by atoms with Crippen LogP contribution in [0.5, 0.6) is 0 Å². The molecule has 1 aromatic heterocycles. The van der Waals surface area contributed by atoms with E-state index in [2.05, 4.69) is 5.10 Å². The van der Waals surface area contributed by atoms with Gasteiger partial charge in [-0.1, -0.05) is 0 Å². The summed E-state index contributed by atoms with van der Waals surface area (Å²) in [6.07, 6.45) is 3.67. The highest BCUT2D eigenvalue weighted by molar-refractivity contribution is 5.65. The van der Waals surface area contributed by atoms with E-state index >= 15 is 0 Å². The first kappa shape index (κ1) is 13.5. The Kier molecular flexibility index (Phi) is 4.15. The van der Waals surface area contributed by atoms with Gasteiger partial charge in [0.25, 0.3) is 0 Å². The maximum atomic E-state index is 11.1. The number of aryl methyl sites for hydroxylation is 2. The summed E-state index contributed by atoms with van der Waals surface area (Å²) in [7, 11) is 0. The fraction of sp³-hybridized carbons (Fsp3) is 0.667. The van der Waals surface area contributed by atoms with E-state index in [0.29, 0.717) is 6.54 Å². The molecule has 0 aliphatic heterocycles. The molecule has 0 atom stereocenters. The summed E-state index contributed by atoms with van der Waals surface area (Å²) in [5.41, 5.74) is 0.766. The second-order valence-electron chi connectivity index (χ2n) is 5.24. The van der Waals surface area contributed by atoms with Crippen LogP contribution in [-0.2, 0) is 6.54 Å². The minimum absolute atomic E-state index is 0.355. The molecule has 17 heavy (non-hydrogen) atoms. The summed E-state index contributed by atoms with van der Waals surface area (Å²) in [5.74, 6) is 0. The molecule has 1 rings (SSSR count). The van der Waals surface area contributed by atoms with Crippen LogP contribution in [0.3, 0.4) is 0 Å². The molecular formula is C12H21N3O2. The Labute approximate surface area is 102 Å². The van der Waals surface area contributed by atoms with Gasteiger partial charge in [-0.2, -0.15) is 5.10 Å². The normalized spacial score (nSPS) is 11.5. The van der Waals surface area contributed by atoms with Gasteiger partial charge < -0.3 is 10.0 Å². The lowest BCUT2D eigenvalue weighted by atomic mass is 10.1. The number of carboxylic acid groups (broad SMARTS) is 1. The van der Waals surface area contributed by atoms with Crippen molar-refractivity contribution in [3.8, 4) is 0 Å². The maximum Gasteiger partial charge on any atom is 0.407 e. The van der Waals surface area contributed by atoms with Gasteiger partial charge in [0, 0.05) is 24.8 Å². The molecule has 1 amide bonds. The third-order valence-electron chi connectivity index (χ3n) is 2.57. The van der Waals surface area contributed by atoms with Gasteiger partial charge in [-0.05, 0) is 39.7 Å². The lowest BCUT2D eigenvalue weighted by Crippen LogP contribution is -2.45. The molecule has 0 aliphatic carbocycles. The van der Waals surface area contributed by atoms with Crippen molar-refractivity contribution in [2.75, 3.05) is 6.54 Å². The average Bonchev–Trinajstić information content (AvgIpc) is 2.56. The van der Waals surface area contributed by atoms with Gasteiger partial charge >= 0.3 is 6.09 Å². The Morgan fingerprint density at radius 3 is 2.59 bits per heavy atom. The van der Waals surface area contributed by atoms with E-state index in [9.17, 15) is 4.79 Å². The quantitative estimate of drug-likeness (QED) is 0.877. The first-order chi connectivity index (χ1) is 7.80. The highest BCUT2D eigenvalue weighted by Gasteiger charge is 2.25. The monoisotopic (exact) mass is 239 g/mol. The van der Waals surface area contributed by atoms with Gasteiger partial charge in [0.05, 0.1) is 6.20 Å². The molecule has 0 aliphatic rings. The zero-order chi connectivity index (χ0) is 13.1. The Morgan fingerprint density at radius 2 is 2.18 bits per heavy atom. The first-order valence-electron chi connectivity index (χ1n) is 5.80. The van der Waals surface area contributed by atoms with E-state index in [1.165, 1.54) is 4.90 Å². The third-order valence-corrected chi connectivity index (χ3v) is 2.57.